The third kappa shape index (κ3) is 4.97. The number of carbonyl (C=O) groups is 2. The Balaban J connectivity index is 1.64. The molecule has 174 valence electrons. The summed E-state index contributed by atoms with van der Waals surface area (Å²) in [4.78, 5) is 31.2. The zero-order chi connectivity index (χ0) is 24.6. The summed E-state index contributed by atoms with van der Waals surface area (Å²) in [5.74, 6) is -1.12. The van der Waals surface area contributed by atoms with Crippen molar-refractivity contribution in [1.29, 1.82) is 0 Å². The summed E-state index contributed by atoms with van der Waals surface area (Å²) in [6.45, 7) is 0.484. The molecular weight excluding hydrogens is 512 g/mol. The zero-order valence-corrected chi connectivity index (χ0v) is 19.4. The molecule has 0 aliphatic carbocycles. The highest BCUT2D eigenvalue weighted by Crippen LogP contribution is 2.39. The predicted octanol–water partition coefficient (Wildman–Crippen LogP) is 7.03. The molecule has 0 atom stereocenters. The molecule has 4 rings (SSSR count). The molecule has 0 spiro atoms. The number of ketones is 1. The van der Waals surface area contributed by atoms with E-state index in [1.807, 2.05) is 0 Å². The van der Waals surface area contributed by atoms with Crippen molar-refractivity contribution in [2.24, 2.45) is 0 Å². The van der Waals surface area contributed by atoms with Crippen molar-refractivity contribution in [3.8, 4) is 0 Å². The second-order valence-corrected chi connectivity index (χ2v) is 8.72. The Morgan fingerprint density at radius 3 is 2.35 bits per heavy atom. The maximum absolute atomic E-state index is 13.8. The van der Waals surface area contributed by atoms with Crippen LogP contribution in [-0.2, 0) is 13.1 Å². The highest BCUT2D eigenvalue weighted by atomic mass is 35.5. The minimum atomic E-state index is -4.86. The Labute approximate surface area is 207 Å². The van der Waals surface area contributed by atoms with Gasteiger partial charge in [0.05, 0.1) is 32.9 Å². The lowest BCUT2D eigenvalue weighted by atomic mass is 9.99. The maximum Gasteiger partial charge on any atom is 0.417 e. The number of pyridine rings is 1. The Kier molecular flexibility index (Phi) is 6.71. The molecule has 2 heterocycles. The van der Waals surface area contributed by atoms with Crippen molar-refractivity contribution in [1.82, 2.24) is 9.88 Å². The van der Waals surface area contributed by atoms with Gasteiger partial charge in [-0.25, -0.2) is 0 Å². The fraction of sp³-hybridized carbons (Fsp3) is 0.125. The van der Waals surface area contributed by atoms with Gasteiger partial charge < -0.3 is 4.90 Å². The van der Waals surface area contributed by atoms with Crippen LogP contribution in [0, 0.1) is 0 Å². The quantitative estimate of drug-likeness (QED) is 0.204. The number of carbonyl (C=O) groups excluding carboxylic acids is 2. The van der Waals surface area contributed by atoms with Gasteiger partial charge >= 0.3 is 6.18 Å². The van der Waals surface area contributed by atoms with E-state index in [9.17, 15) is 22.8 Å². The molecule has 10 heteroatoms. The average molecular weight is 526 g/mol. The van der Waals surface area contributed by atoms with Crippen LogP contribution in [0.15, 0.2) is 60.8 Å². The molecule has 3 aromatic rings. The van der Waals surface area contributed by atoms with Gasteiger partial charge in [0.15, 0.2) is 5.78 Å². The van der Waals surface area contributed by atoms with Gasteiger partial charge in [-0.15, -0.1) is 0 Å². The van der Waals surface area contributed by atoms with E-state index < -0.39 is 23.1 Å². The predicted molar refractivity (Wildman–Crippen MR) is 124 cm³/mol. The molecule has 1 aliphatic heterocycles. The number of amides is 1. The number of fused-ring (bicyclic) bond motifs is 1. The Hall–Kier alpha value is -2.87. The third-order valence-corrected chi connectivity index (χ3v) is 6.42. The molecule has 0 unspecified atom stereocenters. The summed E-state index contributed by atoms with van der Waals surface area (Å²) in [7, 11) is 0. The second-order valence-electron chi connectivity index (χ2n) is 7.53. The van der Waals surface area contributed by atoms with Crippen LogP contribution < -0.4 is 0 Å². The first-order chi connectivity index (χ1) is 16.0. The number of benzene rings is 2. The molecule has 0 radical (unpaired) electrons. The molecule has 1 amide bonds. The minimum Gasteiger partial charge on any atom is -0.328 e. The van der Waals surface area contributed by atoms with E-state index in [4.69, 9.17) is 34.8 Å². The van der Waals surface area contributed by atoms with Gasteiger partial charge in [0.25, 0.3) is 5.91 Å². The summed E-state index contributed by atoms with van der Waals surface area (Å²) in [6, 6.07) is 11.5. The van der Waals surface area contributed by atoms with Gasteiger partial charge in [-0.3, -0.25) is 14.6 Å². The van der Waals surface area contributed by atoms with Gasteiger partial charge in [0, 0.05) is 23.9 Å². The van der Waals surface area contributed by atoms with E-state index in [2.05, 4.69) is 4.98 Å². The van der Waals surface area contributed by atoms with Crippen molar-refractivity contribution in [2.45, 2.75) is 19.3 Å². The van der Waals surface area contributed by atoms with Gasteiger partial charge in [0.2, 0.25) is 0 Å². The SMILES string of the molecule is O=C(C=C(c1cc(Cl)c(Cl)c(Cl)c1)C(F)(F)F)c1ccc2c(c1)CN(Cc1ccccn1)C2=O. The first-order valence-corrected chi connectivity index (χ1v) is 11.0. The smallest absolute Gasteiger partial charge is 0.328 e. The van der Waals surface area contributed by atoms with Crippen LogP contribution >= 0.6 is 34.8 Å². The van der Waals surface area contributed by atoms with Crippen molar-refractivity contribution in [3.63, 3.8) is 0 Å². The van der Waals surface area contributed by atoms with Crippen LogP contribution in [-0.4, -0.2) is 27.8 Å². The molecule has 2 aromatic carbocycles. The molecule has 0 fully saturated rings. The molecule has 34 heavy (non-hydrogen) atoms. The first-order valence-electron chi connectivity index (χ1n) is 9.85. The van der Waals surface area contributed by atoms with Crippen molar-refractivity contribution < 1.29 is 22.8 Å². The van der Waals surface area contributed by atoms with E-state index >= 15 is 0 Å². The number of halogens is 6. The molecule has 0 N–H and O–H groups in total. The van der Waals surface area contributed by atoms with Gasteiger partial charge in [0.1, 0.15) is 0 Å². The Morgan fingerprint density at radius 1 is 1.03 bits per heavy atom. The standard InChI is InChI=1S/C24H14Cl3F3N2O2/c25-19-8-14(9-20(26)22(19)27)18(24(28,29)30)10-21(33)13-4-5-17-15(7-13)11-32(23(17)34)12-16-3-1-2-6-31-16/h1-10H,11-12H2. The normalized spacial score (nSPS) is 13.9. The van der Waals surface area contributed by atoms with Crippen LogP contribution in [0.5, 0.6) is 0 Å². The maximum atomic E-state index is 13.8. The highest BCUT2D eigenvalue weighted by molar-refractivity contribution is 6.48. The van der Waals surface area contributed by atoms with E-state index in [1.165, 1.54) is 18.2 Å². The van der Waals surface area contributed by atoms with Gasteiger partial charge in [-0.05, 0) is 53.6 Å². The highest BCUT2D eigenvalue weighted by Gasteiger charge is 2.36. The molecule has 1 aliphatic rings. The lowest BCUT2D eigenvalue weighted by Gasteiger charge is -2.14. The lowest BCUT2D eigenvalue weighted by molar-refractivity contribution is -0.0689. The number of nitrogens with zero attached hydrogens (tertiary/aromatic N) is 2. The molecule has 0 bridgehead atoms. The van der Waals surface area contributed by atoms with Crippen LogP contribution in [0.25, 0.3) is 5.57 Å². The fourth-order valence-electron chi connectivity index (χ4n) is 3.60. The van der Waals surface area contributed by atoms with Crippen molar-refractivity contribution >= 4 is 52.1 Å². The van der Waals surface area contributed by atoms with E-state index in [0.717, 1.165) is 12.1 Å². The number of rotatable bonds is 5. The number of aromatic nitrogens is 1. The lowest BCUT2D eigenvalue weighted by Crippen LogP contribution is -2.23. The summed E-state index contributed by atoms with van der Waals surface area (Å²) >= 11 is 17.6. The largest absolute Gasteiger partial charge is 0.417 e. The van der Waals surface area contributed by atoms with Crippen LogP contribution in [0.3, 0.4) is 0 Å². The average Bonchev–Trinajstić information content (AvgIpc) is 3.09. The van der Waals surface area contributed by atoms with E-state index in [0.29, 0.717) is 22.9 Å². The Morgan fingerprint density at radius 2 is 1.74 bits per heavy atom. The first kappa shape index (κ1) is 24.3. The minimum absolute atomic E-state index is 0.0131. The molecule has 1 aromatic heterocycles. The monoisotopic (exact) mass is 524 g/mol. The van der Waals surface area contributed by atoms with Crippen LogP contribution in [0.1, 0.15) is 37.5 Å². The number of hydrogen-bond acceptors (Lipinski definition) is 3. The number of alkyl halides is 3. The molecular formula is C24H14Cl3F3N2O2. The molecule has 0 saturated heterocycles. The van der Waals surface area contributed by atoms with E-state index in [1.54, 1.807) is 29.3 Å². The fourth-order valence-corrected chi connectivity index (χ4v) is 4.20. The van der Waals surface area contributed by atoms with E-state index in [-0.39, 0.29) is 39.6 Å². The van der Waals surface area contributed by atoms with Crippen LogP contribution in [0.4, 0.5) is 13.2 Å². The molecule has 0 saturated carbocycles. The van der Waals surface area contributed by atoms with Crippen molar-refractivity contribution in [2.75, 3.05) is 0 Å². The third-order valence-electron chi connectivity index (χ3n) is 5.22. The second kappa shape index (κ2) is 9.41. The Bertz CT molecular complexity index is 1300. The topological polar surface area (TPSA) is 50.3 Å². The summed E-state index contributed by atoms with van der Waals surface area (Å²) < 4.78 is 41.3. The summed E-state index contributed by atoms with van der Waals surface area (Å²) in [6.07, 6.45) is -2.76. The number of allylic oxidation sites excluding steroid dienone is 2. The van der Waals surface area contributed by atoms with Gasteiger partial charge in [-0.2, -0.15) is 13.2 Å². The zero-order valence-electron chi connectivity index (χ0n) is 17.2. The van der Waals surface area contributed by atoms with Crippen LogP contribution in [0.2, 0.25) is 15.1 Å². The summed E-state index contributed by atoms with van der Waals surface area (Å²) in [5.41, 5.74) is 0.0386. The number of hydrogen-bond donors (Lipinski definition) is 0. The summed E-state index contributed by atoms with van der Waals surface area (Å²) in [5, 5.41) is -0.426. The van der Waals surface area contributed by atoms with Gasteiger partial charge in [-0.1, -0.05) is 46.9 Å². The molecule has 4 nitrogen and oxygen atoms in total. The van der Waals surface area contributed by atoms with Crippen molar-refractivity contribution in [3.05, 3.63) is 104 Å².